The number of anilines is 1. The first kappa shape index (κ1) is 27.7. The van der Waals surface area contributed by atoms with Crippen LogP contribution < -0.4 is 14.4 Å². The number of Topliss-reactive ketones (excluding diaryl/α,β-unsaturated/α-hetero) is 1. The number of rotatable bonds is 10. The molecule has 202 valence electrons. The quantitative estimate of drug-likeness (QED) is 0.209. The molecule has 10 heteroatoms. The number of thioether (sulfide) groups is 1. The topological polar surface area (TPSA) is 91.1 Å². The van der Waals surface area contributed by atoms with Gasteiger partial charge in [-0.3, -0.25) is 4.79 Å². The van der Waals surface area contributed by atoms with Crippen molar-refractivity contribution < 1.29 is 19.0 Å². The molecule has 1 aliphatic rings. The van der Waals surface area contributed by atoms with E-state index in [0.717, 1.165) is 41.4 Å². The van der Waals surface area contributed by atoms with Gasteiger partial charge in [-0.15, -0.1) is 10.2 Å². The van der Waals surface area contributed by atoms with E-state index in [1.54, 1.807) is 18.0 Å². The third-order valence-electron chi connectivity index (χ3n) is 6.11. The van der Waals surface area contributed by atoms with Gasteiger partial charge in [0.1, 0.15) is 17.8 Å². The predicted octanol–water partition coefficient (Wildman–Crippen LogP) is 4.68. The number of hydrogen-bond donors (Lipinski definition) is 0. The fourth-order valence-electron chi connectivity index (χ4n) is 4.14. The van der Waals surface area contributed by atoms with E-state index in [0.29, 0.717) is 30.5 Å². The van der Waals surface area contributed by atoms with Crippen molar-refractivity contribution in [1.29, 1.82) is 0 Å². The first-order chi connectivity index (χ1) is 18.3. The highest BCUT2D eigenvalue weighted by atomic mass is 32.2. The molecule has 0 amide bonds. The fourth-order valence-corrected chi connectivity index (χ4v) is 4.90. The average molecular weight is 538 g/mol. The molecule has 2 heterocycles. The van der Waals surface area contributed by atoms with Crippen LogP contribution in [0.25, 0.3) is 0 Å². The summed E-state index contributed by atoms with van der Waals surface area (Å²) in [7, 11) is 1.69. The van der Waals surface area contributed by atoms with E-state index in [9.17, 15) is 4.79 Å². The van der Waals surface area contributed by atoms with Gasteiger partial charge < -0.3 is 19.1 Å². The Kier molecular flexibility index (Phi) is 9.06. The summed E-state index contributed by atoms with van der Waals surface area (Å²) in [5, 5.41) is 13.1. The summed E-state index contributed by atoms with van der Waals surface area (Å²) < 4.78 is 18.5. The summed E-state index contributed by atoms with van der Waals surface area (Å²) in [6.07, 6.45) is 3.25. The highest BCUT2D eigenvalue weighted by Gasteiger charge is 2.27. The number of carbonyl (C=O) groups excluding carboxylic acids is 1. The van der Waals surface area contributed by atoms with Gasteiger partial charge in [0.05, 0.1) is 44.6 Å². The van der Waals surface area contributed by atoms with Crippen LogP contribution in [0.4, 0.5) is 5.69 Å². The Hall–Kier alpha value is -3.37. The van der Waals surface area contributed by atoms with Gasteiger partial charge in [-0.1, -0.05) is 32.5 Å². The molecular formula is C28H35N5O4S. The van der Waals surface area contributed by atoms with Crippen LogP contribution >= 0.6 is 11.8 Å². The number of ether oxygens (including phenoxy) is 3. The van der Waals surface area contributed by atoms with Crippen LogP contribution in [-0.4, -0.2) is 72.6 Å². The molecule has 1 saturated heterocycles. The monoisotopic (exact) mass is 537 g/mol. The maximum absolute atomic E-state index is 13.4. The molecule has 0 bridgehead atoms. The van der Waals surface area contributed by atoms with Crippen LogP contribution in [0.2, 0.25) is 0 Å². The van der Waals surface area contributed by atoms with Gasteiger partial charge in [0.2, 0.25) is 5.16 Å². The largest absolute Gasteiger partial charge is 0.494 e. The Labute approximate surface area is 228 Å². The van der Waals surface area contributed by atoms with Crippen LogP contribution in [0.1, 0.15) is 49.2 Å². The van der Waals surface area contributed by atoms with Crippen LogP contribution in [0.3, 0.4) is 0 Å². The van der Waals surface area contributed by atoms with Gasteiger partial charge in [0.15, 0.2) is 5.78 Å². The minimum absolute atomic E-state index is 0.00250. The molecule has 1 fully saturated rings. The van der Waals surface area contributed by atoms with E-state index in [-0.39, 0.29) is 17.0 Å². The summed E-state index contributed by atoms with van der Waals surface area (Å²) in [4.78, 5) is 15.6. The van der Waals surface area contributed by atoms with E-state index >= 15 is 0 Å². The van der Waals surface area contributed by atoms with Gasteiger partial charge in [-0.2, -0.15) is 9.78 Å². The number of methoxy groups -OCH3 is 1. The molecule has 0 unspecified atom stereocenters. The second-order valence-electron chi connectivity index (χ2n) is 9.84. The van der Waals surface area contributed by atoms with Crippen molar-refractivity contribution >= 4 is 29.4 Å². The summed E-state index contributed by atoms with van der Waals surface area (Å²) in [5.41, 5.74) is 3.29. The van der Waals surface area contributed by atoms with Crippen LogP contribution in [-0.2, 0) is 10.2 Å². The Morgan fingerprint density at radius 3 is 2.58 bits per heavy atom. The SMILES string of the molecule is CCOc1ccc(/C=N/n2cnnc2SCC(=O)c2cc(N3CCOCC3)c(OC)c(C(C)(C)C)c2)cc1. The lowest BCUT2D eigenvalue weighted by Gasteiger charge is -2.33. The first-order valence-corrected chi connectivity index (χ1v) is 13.7. The molecule has 0 saturated carbocycles. The molecule has 0 N–H and O–H groups in total. The van der Waals surface area contributed by atoms with E-state index in [4.69, 9.17) is 14.2 Å². The summed E-state index contributed by atoms with van der Waals surface area (Å²) >= 11 is 1.31. The van der Waals surface area contributed by atoms with Gasteiger partial charge in [-0.25, -0.2) is 0 Å². The van der Waals surface area contributed by atoms with Crippen molar-refractivity contribution in [3.8, 4) is 11.5 Å². The maximum Gasteiger partial charge on any atom is 0.212 e. The van der Waals surface area contributed by atoms with Crippen LogP contribution in [0, 0.1) is 0 Å². The lowest BCUT2D eigenvalue weighted by molar-refractivity contribution is 0.102. The number of nitrogens with zero attached hydrogens (tertiary/aromatic N) is 5. The number of aromatic nitrogens is 3. The third-order valence-corrected chi connectivity index (χ3v) is 7.04. The zero-order valence-electron chi connectivity index (χ0n) is 22.6. The number of ketones is 1. The highest BCUT2D eigenvalue weighted by molar-refractivity contribution is 7.99. The van der Waals surface area contributed by atoms with Gasteiger partial charge in [-0.05, 0) is 54.3 Å². The lowest BCUT2D eigenvalue weighted by Crippen LogP contribution is -2.37. The third kappa shape index (κ3) is 6.73. The maximum atomic E-state index is 13.4. The lowest BCUT2D eigenvalue weighted by atomic mass is 9.84. The minimum atomic E-state index is -0.203. The molecule has 0 atom stereocenters. The standard InChI is InChI=1S/C28H35N5O4S/c1-6-37-22-9-7-20(8-10-22)17-30-33-19-29-31-27(33)38-18-25(34)21-15-23(28(2,3)4)26(35-5)24(16-21)32-11-13-36-14-12-32/h7-10,15-17,19H,6,11-14,18H2,1-5H3/b30-17+. The first-order valence-electron chi connectivity index (χ1n) is 12.7. The predicted molar refractivity (Wildman–Crippen MR) is 150 cm³/mol. The average Bonchev–Trinajstić information content (AvgIpc) is 3.38. The number of morpholine rings is 1. The Bertz CT molecular complexity index is 1260. The van der Waals surface area contributed by atoms with Crippen molar-refractivity contribution in [2.75, 3.05) is 50.7 Å². The van der Waals surface area contributed by atoms with Crippen molar-refractivity contribution in [1.82, 2.24) is 14.9 Å². The van der Waals surface area contributed by atoms with E-state index in [1.165, 1.54) is 18.1 Å². The van der Waals surface area contributed by atoms with Crippen molar-refractivity contribution in [2.45, 2.75) is 38.3 Å². The van der Waals surface area contributed by atoms with Gasteiger partial charge in [0.25, 0.3) is 0 Å². The van der Waals surface area contributed by atoms with Crippen LogP contribution in [0.15, 0.2) is 53.0 Å². The smallest absolute Gasteiger partial charge is 0.212 e. The van der Waals surface area contributed by atoms with Crippen molar-refractivity contribution in [2.24, 2.45) is 5.10 Å². The molecule has 3 aromatic rings. The molecule has 0 radical (unpaired) electrons. The summed E-state index contributed by atoms with van der Waals surface area (Å²) in [6, 6.07) is 11.6. The zero-order chi connectivity index (χ0) is 27.1. The molecule has 9 nitrogen and oxygen atoms in total. The molecular weight excluding hydrogens is 502 g/mol. The second-order valence-corrected chi connectivity index (χ2v) is 10.8. The number of carbonyl (C=O) groups is 1. The molecule has 38 heavy (non-hydrogen) atoms. The van der Waals surface area contributed by atoms with E-state index in [1.807, 2.05) is 43.3 Å². The molecule has 2 aromatic carbocycles. The fraction of sp³-hybridized carbons (Fsp3) is 0.429. The van der Waals surface area contributed by atoms with Crippen LogP contribution in [0.5, 0.6) is 11.5 Å². The van der Waals surface area contributed by atoms with Crippen molar-refractivity contribution in [3.05, 3.63) is 59.4 Å². The highest BCUT2D eigenvalue weighted by Crippen LogP contribution is 2.40. The van der Waals surface area contributed by atoms with Crippen molar-refractivity contribution in [3.63, 3.8) is 0 Å². The molecule has 1 aliphatic heterocycles. The second kappa shape index (κ2) is 12.4. The summed E-state index contributed by atoms with van der Waals surface area (Å²) in [6.45, 7) is 11.8. The number of benzene rings is 2. The Morgan fingerprint density at radius 1 is 1.18 bits per heavy atom. The Balaban J connectivity index is 1.51. The zero-order valence-corrected chi connectivity index (χ0v) is 23.5. The van der Waals surface area contributed by atoms with E-state index in [2.05, 4.69) is 41.0 Å². The Morgan fingerprint density at radius 2 is 1.92 bits per heavy atom. The van der Waals surface area contributed by atoms with Gasteiger partial charge >= 0.3 is 0 Å². The molecule has 1 aromatic heterocycles. The normalized spacial score (nSPS) is 14.2. The molecule has 4 rings (SSSR count). The van der Waals surface area contributed by atoms with Gasteiger partial charge in [0, 0.05) is 24.2 Å². The summed E-state index contributed by atoms with van der Waals surface area (Å²) in [5.74, 6) is 1.83. The van der Waals surface area contributed by atoms with E-state index < -0.39 is 0 Å². The minimum Gasteiger partial charge on any atom is -0.494 e. The molecule has 0 spiro atoms. The number of hydrogen-bond acceptors (Lipinski definition) is 9. The molecule has 0 aliphatic carbocycles.